The van der Waals surface area contributed by atoms with Gasteiger partial charge in [0.05, 0.1) is 9.40 Å². The highest BCUT2D eigenvalue weighted by molar-refractivity contribution is 7.25. The highest BCUT2D eigenvalue weighted by atomic mass is 32.1. The molecule has 0 bridgehead atoms. The minimum Gasteiger partial charge on any atom is -0.403 e. The maximum absolute atomic E-state index is 15.4. The molecule has 162 valence electrons. The summed E-state index contributed by atoms with van der Waals surface area (Å²) in [6.07, 6.45) is 5.59. The second-order valence-corrected chi connectivity index (χ2v) is 9.10. The summed E-state index contributed by atoms with van der Waals surface area (Å²) in [7, 11) is 0. The van der Waals surface area contributed by atoms with Crippen LogP contribution in [0.2, 0.25) is 0 Å². The first-order chi connectivity index (χ1) is 14.8. The number of rotatable bonds is 3. The second kappa shape index (κ2) is 7.62. The van der Waals surface area contributed by atoms with E-state index in [0.29, 0.717) is 22.3 Å². The smallest absolute Gasteiger partial charge is 0.403 e. The van der Waals surface area contributed by atoms with Gasteiger partial charge < -0.3 is 4.74 Å². The van der Waals surface area contributed by atoms with Gasteiger partial charge in [-0.3, -0.25) is 0 Å². The molecule has 2 aliphatic rings. The third-order valence-electron chi connectivity index (χ3n) is 6.24. The molecule has 2 aromatic carbocycles. The molecular weight excluding hydrogens is 431 g/mol. The molecule has 1 atom stereocenters. The maximum Gasteiger partial charge on any atom is 0.573 e. The average molecular weight is 450 g/mol. The Morgan fingerprint density at radius 3 is 2.29 bits per heavy atom. The Balaban J connectivity index is 1.52. The van der Waals surface area contributed by atoms with Crippen LogP contribution in [0.1, 0.15) is 44.1 Å². The number of benzene rings is 2. The zero-order chi connectivity index (χ0) is 21.8. The van der Waals surface area contributed by atoms with Crippen LogP contribution in [-0.2, 0) is 0 Å². The molecule has 0 spiro atoms. The Kier molecular flexibility index (Phi) is 5.04. The molecule has 1 unspecified atom stereocenters. The van der Waals surface area contributed by atoms with E-state index in [4.69, 9.17) is 0 Å². The fourth-order valence-electron chi connectivity index (χ4n) is 4.75. The summed E-state index contributed by atoms with van der Waals surface area (Å²) in [4.78, 5) is 0. The van der Waals surface area contributed by atoms with Crippen molar-refractivity contribution in [3.05, 3.63) is 59.2 Å². The number of thiophene rings is 1. The Labute approximate surface area is 179 Å². The molecule has 1 aromatic heterocycles. The molecule has 3 aromatic rings. The molecule has 0 aliphatic heterocycles. The zero-order valence-corrected chi connectivity index (χ0v) is 17.3. The van der Waals surface area contributed by atoms with E-state index in [1.807, 2.05) is 0 Å². The van der Waals surface area contributed by atoms with Gasteiger partial charge in [-0.2, -0.15) is 0 Å². The Bertz CT molecular complexity index is 1230. The molecular formula is C24H19F5OS. The van der Waals surface area contributed by atoms with Gasteiger partial charge in [-0.15, -0.1) is 24.5 Å². The van der Waals surface area contributed by atoms with E-state index in [1.165, 1.54) is 18.1 Å². The molecule has 0 radical (unpaired) electrons. The van der Waals surface area contributed by atoms with E-state index >= 15 is 4.39 Å². The largest absolute Gasteiger partial charge is 0.573 e. The number of fused-ring (bicyclic) bond motifs is 3. The standard InChI is InChI=1S/C24H19F5OS/c25-20-16(15-7-5-14(6-8-15)13-3-1-2-4-13)9-10-17-18-11-12-19(30-24(27,28)29)21(26)23(18)31-22(17)20/h3,7,9-12,14H,1-2,4-6,8H2. The van der Waals surface area contributed by atoms with Gasteiger partial charge in [0.15, 0.2) is 11.6 Å². The van der Waals surface area contributed by atoms with E-state index in [1.54, 1.807) is 12.1 Å². The molecule has 0 amide bonds. The normalized spacial score (nSPS) is 19.7. The van der Waals surface area contributed by atoms with Crippen LogP contribution in [0.15, 0.2) is 42.0 Å². The first-order valence-corrected chi connectivity index (χ1v) is 11.1. The summed E-state index contributed by atoms with van der Waals surface area (Å²) < 4.78 is 71.6. The number of halogens is 5. The average Bonchev–Trinajstić information content (AvgIpc) is 3.39. The third kappa shape index (κ3) is 3.73. The van der Waals surface area contributed by atoms with E-state index in [-0.39, 0.29) is 9.40 Å². The topological polar surface area (TPSA) is 9.23 Å². The predicted molar refractivity (Wildman–Crippen MR) is 113 cm³/mol. The van der Waals surface area contributed by atoms with E-state index in [0.717, 1.165) is 55.1 Å². The van der Waals surface area contributed by atoms with Crippen LogP contribution in [0, 0.1) is 17.6 Å². The first kappa shape index (κ1) is 20.5. The monoisotopic (exact) mass is 450 g/mol. The van der Waals surface area contributed by atoms with Crippen molar-refractivity contribution in [1.82, 2.24) is 0 Å². The van der Waals surface area contributed by atoms with Crippen molar-refractivity contribution in [2.24, 2.45) is 5.92 Å². The van der Waals surface area contributed by atoms with Crippen molar-refractivity contribution in [2.45, 2.75) is 44.9 Å². The van der Waals surface area contributed by atoms with Crippen LogP contribution in [0.25, 0.3) is 25.7 Å². The number of ether oxygens (including phenoxy) is 1. The lowest BCUT2D eigenvalue weighted by Gasteiger charge is -2.23. The lowest BCUT2D eigenvalue weighted by Crippen LogP contribution is -2.17. The second-order valence-electron chi connectivity index (χ2n) is 8.08. The summed E-state index contributed by atoms with van der Waals surface area (Å²) in [5.41, 5.74) is 2.95. The predicted octanol–water partition coefficient (Wildman–Crippen LogP) is 8.53. The molecule has 5 rings (SSSR count). The maximum atomic E-state index is 15.4. The van der Waals surface area contributed by atoms with Crippen molar-refractivity contribution < 1.29 is 26.7 Å². The van der Waals surface area contributed by atoms with Gasteiger partial charge in [-0.25, -0.2) is 8.78 Å². The van der Waals surface area contributed by atoms with Crippen molar-refractivity contribution in [3.8, 4) is 5.75 Å². The van der Waals surface area contributed by atoms with Crippen LogP contribution in [0.5, 0.6) is 5.75 Å². The quantitative estimate of drug-likeness (QED) is 0.287. The van der Waals surface area contributed by atoms with Gasteiger partial charge in [0.2, 0.25) is 0 Å². The number of hydrogen-bond donors (Lipinski definition) is 0. The van der Waals surface area contributed by atoms with Crippen LogP contribution in [0.4, 0.5) is 22.0 Å². The molecule has 1 nitrogen and oxygen atoms in total. The molecule has 0 saturated heterocycles. The summed E-state index contributed by atoms with van der Waals surface area (Å²) in [6, 6.07) is 5.70. The summed E-state index contributed by atoms with van der Waals surface area (Å²) in [5, 5.41) is 0.868. The third-order valence-corrected chi connectivity index (χ3v) is 7.44. The molecule has 0 saturated carbocycles. The van der Waals surface area contributed by atoms with Crippen molar-refractivity contribution in [2.75, 3.05) is 0 Å². The molecule has 7 heteroatoms. The lowest BCUT2D eigenvalue weighted by atomic mass is 9.82. The van der Waals surface area contributed by atoms with Crippen LogP contribution >= 0.6 is 11.3 Å². The van der Waals surface area contributed by atoms with Crippen LogP contribution in [-0.4, -0.2) is 6.36 Å². The van der Waals surface area contributed by atoms with Crippen molar-refractivity contribution in [1.29, 1.82) is 0 Å². The van der Waals surface area contributed by atoms with Gasteiger partial charge in [0.25, 0.3) is 0 Å². The fourth-order valence-corrected chi connectivity index (χ4v) is 5.92. The Hall–Kier alpha value is -2.41. The SMILES string of the molecule is Fc1c(OC(F)(F)F)ccc2c1sc1c(F)c(C3=CCC(C4=CCCC4)CC3)ccc12. The van der Waals surface area contributed by atoms with Gasteiger partial charge >= 0.3 is 6.36 Å². The Morgan fingerprint density at radius 2 is 1.65 bits per heavy atom. The van der Waals surface area contributed by atoms with E-state index in [9.17, 15) is 17.6 Å². The van der Waals surface area contributed by atoms with Gasteiger partial charge in [0.1, 0.15) is 5.82 Å². The van der Waals surface area contributed by atoms with Crippen molar-refractivity contribution in [3.63, 3.8) is 0 Å². The number of hydrogen-bond acceptors (Lipinski definition) is 2. The van der Waals surface area contributed by atoms with Gasteiger partial charge in [0, 0.05) is 16.3 Å². The summed E-state index contributed by atoms with van der Waals surface area (Å²) in [5.74, 6) is -1.94. The zero-order valence-electron chi connectivity index (χ0n) is 16.5. The summed E-state index contributed by atoms with van der Waals surface area (Å²) in [6.45, 7) is 0. The molecule has 31 heavy (non-hydrogen) atoms. The lowest BCUT2D eigenvalue weighted by molar-refractivity contribution is -0.275. The molecule has 0 N–H and O–H groups in total. The summed E-state index contributed by atoms with van der Waals surface area (Å²) >= 11 is 0.821. The van der Waals surface area contributed by atoms with Gasteiger partial charge in [-0.05, 0) is 62.1 Å². The highest BCUT2D eigenvalue weighted by Crippen LogP contribution is 2.44. The van der Waals surface area contributed by atoms with Crippen molar-refractivity contribution >= 4 is 37.1 Å². The van der Waals surface area contributed by atoms with E-state index < -0.39 is 23.7 Å². The number of allylic oxidation sites excluding steroid dienone is 4. The minimum atomic E-state index is -5.00. The molecule has 0 fully saturated rings. The first-order valence-electron chi connectivity index (χ1n) is 10.3. The Morgan fingerprint density at radius 1 is 0.903 bits per heavy atom. The highest BCUT2D eigenvalue weighted by Gasteiger charge is 2.33. The van der Waals surface area contributed by atoms with E-state index in [2.05, 4.69) is 16.9 Å². The minimum absolute atomic E-state index is 0.0429. The van der Waals surface area contributed by atoms with Crippen LogP contribution < -0.4 is 4.74 Å². The van der Waals surface area contributed by atoms with Crippen LogP contribution in [0.3, 0.4) is 0 Å². The van der Waals surface area contributed by atoms with Gasteiger partial charge in [-0.1, -0.05) is 29.9 Å². The molecule has 1 heterocycles. The number of alkyl halides is 3. The molecule has 2 aliphatic carbocycles. The fraction of sp³-hybridized carbons (Fsp3) is 0.333.